The summed E-state index contributed by atoms with van der Waals surface area (Å²) in [7, 11) is 0. The second-order valence-electron chi connectivity index (χ2n) is 6.30. The van der Waals surface area contributed by atoms with E-state index >= 15 is 0 Å². The maximum Gasteiger partial charge on any atom is 0.123 e. The van der Waals surface area contributed by atoms with Gasteiger partial charge in [-0.1, -0.05) is 24.3 Å². The van der Waals surface area contributed by atoms with Gasteiger partial charge in [0, 0.05) is 32.1 Å². The van der Waals surface area contributed by atoms with Crippen LogP contribution in [-0.2, 0) is 0 Å². The van der Waals surface area contributed by atoms with E-state index in [0.29, 0.717) is 6.42 Å². The molecular formula is C20H22ClF2N3. The van der Waals surface area contributed by atoms with Crippen molar-refractivity contribution in [2.24, 2.45) is 0 Å². The number of nitrogens with one attached hydrogen (secondary N) is 1. The maximum atomic E-state index is 13.4. The number of piperazine rings is 1. The zero-order valence-corrected chi connectivity index (χ0v) is 15.2. The third kappa shape index (κ3) is 4.79. The molecule has 0 radical (unpaired) electrons. The smallest absolute Gasteiger partial charge is 0.123 e. The Bertz CT molecular complexity index is 683. The van der Waals surface area contributed by atoms with Crippen molar-refractivity contribution < 1.29 is 8.78 Å². The largest absolute Gasteiger partial charge is 0.314 e. The minimum Gasteiger partial charge on any atom is -0.314 e. The molecule has 0 bridgehead atoms. The van der Waals surface area contributed by atoms with Crippen molar-refractivity contribution in [3.05, 3.63) is 71.3 Å². The normalized spacial score (nSPS) is 17.5. The van der Waals surface area contributed by atoms with E-state index in [4.69, 9.17) is 5.26 Å². The van der Waals surface area contributed by atoms with Crippen LogP contribution in [0.2, 0.25) is 0 Å². The number of halogens is 3. The van der Waals surface area contributed by atoms with Gasteiger partial charge in [0.15, 0.2) is 0 Å². The van der Waals surface area contributed by atoms with E-state index in [9.17, 15) is 8.78 Å². The molecule has 0 unspecified atom stereocenters. The number of hydrogen-bond acceptors (Lipinski definition) is 3. The van der Waals surface area contributed by atoms with Gasteiger partial charge in [0.05, 0.1) is 12.1 Å². The van der Waals surface area contributed by atoms with Crippen LogP contribution in [0.25, 0.3) is 0 Å². The molecule has 138 valence electrons. The third-order valence-corrected chi connectivity index (χ3v) is 4.69. The van der Waals surface area contributed by atoms with E-state index in [0.717, 1.165) is 37.2 Å². The molecule has 1 aliphatic rings. The second-order valence-corrected chi connectivity index (χ2v) is 6.30. The number of rotatable bonds is 5. The van der Waals surface area contributed by atoms with Crippen LogP contribution < -0.4 is 5.32 Å². The average Bonchev–Trinajstić information content (AvgIpc) is 2.64. The lowest BCUT2D eigenvalue weighted by Crippen LogP contribution is -2.52. The molecule has 2 aromatic rings. The molecule has 26 heavy (non-hydrogen) atoms. The molecule has 0 amide bonds. The fourth-order valence-electron chi connectivity index (χ4n) is 3.48. The van der Waals surface area contributed by atoms with Gasteiger partial charge in [-0.25, -0.2) is 8.78 Å². The Kier molecular flexibility index (Phi) is 7.52. The van der Waals surface area contributed by atoms with E-state index in [1.165, 1.54) is 24.3 Å². The van der Waals surface area contributed by atoms with Crippen LogP contribution in [0.15, 0.2) is 48.5 Å². The van der Waals surface area contributed by atoms with Crippen molar-refractivity contribution in [2.45, 2.75) is 24.9 Å². The van der Waals surface area contributed by atoms with Crippen molar-refractivity contribution in [3.8, 4) is 6.07 Å². The molecule has 1 atom stereocenters. The Morgan fingerprint density at radius 1 is 1.04 bits per heavy atom. The zero-order valence-electron chi connectivity index (χ0n) is 14.4. The second kappa shape index (κ2) is 9.63. The molecule has 1 N–H and O–H groups in total. The molecular weight excluding hydrogens is 356 g/mol. The molecule has 3 rings (SSSR count). The Labute approximate surface area is 159 Å². The molecule has 6 heteroatoms. The summed E-state index contributed by atoms with van der Waals surface area (Å²) in [5.74, 6) is -0.550. The first kappa shape index (κ1) is 20.3. The highest BCUT2D eigenvalue weighted by Gasteiger charge is 2.30. The van der Waals surface area contributed by atoms with Gasteiger partial charge < -0.3 is 5.32 Å². The molecule has 2 aromatic carbocycles. The highest BCUT2D eigenvalue weighted by atomic mass is 35.5. The highest BCUT2D eigenvalue weighted by molar-refractivity contribution is 5.85. The lowest BCUT2D eigenvalue weighted by Gasteiger charge is -2.42. The van der Waals surface area contributed by atoms with E-state index < -0.39 is 0 Å². The SMILES string of the molecule is Cl.N#CCC[C@@H]1CNCCN1C(c1ccc(F)cc1)c1ccc(F)cc1. The molecule has 0 spiro atoms. The molecule has 1 aliphatic heterocycles. The summed E-state index contributed by atoms with van der Waals surface area (Å²) >= 11 is 0. The van der Waals surface area contributed by atoms with Crippen LogP contribution >= 0.6 is 12.4 Å². The van der Waals surface area contributed by atoms with Gasteiger partial charge in [0.25, 0.3) is 0 Å². The highest BCUT2D eigenvalue weighted by Crippen LogP contribution is 2.32. The molecule has 1 heterocycles. The fraction of sp³-hybridized carbons (Fsp3) is 0.350. The monoisotopic (exact) mass is 377 g/mol. The Hall–Kier alpha value is -2.00. The van der Waals surface area contributed by atoms with Crippen LogP contribution in [0.4, 0.5) is 8.78 Å². The van der Waals surface area contributed by atoms with Crippen molar-refractivity contribution >= 4 is 12.4 Å². The number of nitriles is 1. The van der Waals surface area contributed by atoms with Gasteiger partial charge >= 0.3 is 0 Å². The third-order valence-electron chi connectivity index (χ3n) is 4.69. The van der Waals surface area contributed by atoms with Gasteiger partial charge in [-0.15, -0.1) is 12.4 Å². The summed E-state index contributed by atoms with van der Waals surface area (Å²) in [4.78, 5) is 2.34. The minimum absolute atomic E-state index is 0. The Morgan fingerprint density at radius 2 is 1.58 bits per heavy atom. The molecule has 1 saturated heterocycles. The molecule has 0 aliphatic carbocycles. The first-order chi connectivity index (χ1) is 12.2. The summed E-state index contributed by atoms with van der Waals surface area (Å²) < 4.78 is 26.8. The Balaban J connectivity index is 0.00000243. The summed E-state index contributed by atoms with van der Waals surface area (Å²) in [5, 5.41) is 12.3. The quantitative estimate of drug-likeness (QED) is 0.854. The summed E-state index contributed by atoms with van der Waals surface area (Å²) in [6.07, 6.45) is 1.25. The zero-order chi connectivity index (χ0) is 17.6. The van der Waals surface area contributed by atoms with Gasteiger partial charge in [0.2, 0.25) is 0 Å². The first-order valence-corrected chi connectivity index (χ1v) is 8.53. The minimum atomic E-state index is -0.275. The first-order valence-electron chi connectivity index (χ1n) is 8.53. The lowest BCUT2D eigenvalue weighted by molar-refractivity contribution is 0.119. The van der Waals surface area contributed by atoms with Crippen molar-refractivity contribution in [3.63, 3.8) is 0 Å². The van der Waals surface area contributed by atoms with Crippen molar-refractivity contribution in [1.29, 1.82) is 5.26 Å². The van der Waals surface area contributed by atoms with Crippen LogP contribution in [0.5, 0.6) is 0 Å². The summed E-state index contributed by atoms with van der Waals surface area (Å²) in [6.45, 7) is 2.47. The molecule has 3 nitrogen and oxygen atoms in total. The van der Waals surface area contributed by atoms with Crippen LogP contribution in [-0.4, -0.2) is 30.6 Å². The number of hydrogen-bond donors (Lipinski definition) is 1. The average molecular weight is 378 g/mol. The summed E-state index contributed by atoms with van der Waals surface area (Å²) in [6, 6.07) is 15.3. The summed E-state index contributed by atoms with van der Waals surface area (Å²) in [5.41, 5.74) is 1.94. The van der Waals surface area contributed by atoms with Gasteiger partial charge in [0.1, 0.15) is 11.6 Å². The Morgan fingerprint density at radius 3 is 2.08 bits per heavy atom. The van der Waals surface area contributed by atoms with Gasteiger partial charge in [-0.05, 0) is 41.8 Å². The molecule has 0 aromatic heterocycles. The molecule has 1 fully saturated rings. The van der Waals surface area contributed by atoms with E-state index in [1.807, 2.05) is 0 Å². The molecule has 0 saturated carbocycles. The maximum absolute atomic E-state index is 13.4. The van der Waals surface area contributed by atoms with E-state index in [-0.39, 0.29) is 36.1 Å². The predicted molar refractivity (Wildman–Crippen MR) is 100 cm³/mol. The number of benzene rings is 2. The fourth-order valence-corrected chi connectivity index (χ4v) is 3.48. The lowest BCUT2D eigenvalue weighted by atomic mass is 9.93. The van der Waals surface area contributed by atoms with Crippen LogP contribution in [0.1, 0.15) is 30.0 Å². The van der Waals surface area contributed by atoms with Gasteiger partial charge in [-0.2, -0.15) is 5.26 Å². The van der Waals surface area contributed by atoms with Crippen molar-refractivity contribution in [1.82, 2.24) is 10.2 Å². The standard InChI is InChI=1S/C20H21F2N3.ClH/c21-17-7-3-15(4-8-17)20(16-5-9-18(22)10-6-16)25-13-12-24-14-19(25)2-1-11-23;/h3-10,19-20,24H,1-2,12-14H2;1H/t19-;/m1./s1. The van der Waals surface area contributed by atoms with Gasteiger partial charge in [-0.3, -0.25) is 4.90 Å². The number of nitrogens with zero attached hydrogens (tertiary/aromatic N) is 2. The van der Waals surface area contributed by atoms with Crippen LogP contribution in [0.3, 0.4) is 0 Å². The van der Waals surface area contributed by atoms with E-state index in [2.05, 4.69) is 16.3 Å². The van der Waals surface area contributed by atoms with Crippen LogP contribution in [0, 0.1) is 23.0 Å². The topological polar surface area (TPSA) is 39.1 Å². The van der Waals surface area contributed by atoms with E-state index in [1.54, 1.807) is 24.3 Å². The van der Waals surface area contributed by atoms with Crippen molar-refractivity contribution in [2.75, 3.05) is 19.6 Å². The predicted octanol–water partition coefficient (Wildman–Crippen LogP) is 4.05.